The van der Waals surface area contributed by atoms with E-state index in [1.807, 2.05) is 0 Å². The van der Waals surface area contributed by atoms with Crippen molar-refractivity contribution in [3.8, 4) is 0 Å². The largest absolute Gasteiger partial charge is 0.385 e. The van der Waals surface area contributed by atoms with E-state index < -0.39 is 0 Å². The van der Waals surface area contributed by atoms with Gasteiger partial charge in [-0.1, -0.05) is 0 Å². The van der Waals surface area contributed by atoms with Gasteiger partial charge in [-0.15, -0.1) is 0 Å². The fourth-order valence-electron chi connectivity index (χ4n) is 1.53. The fourth-order valence-corrected chi connectivity index (χ4v) is 1.53. The second kappa shape index (κ2) is 6.40. The molecule has 0 unspecified atom stereocenters. The van der Waals surface area contributed by atoms with Crippen molar-refractivity contribution in [3.63, 3.8) is 0 Å². The van der Waals surface area contributed by atoms with Crippen LogP contribution in [-0.2, 0) is 14.3 Å². The van der Waals surface area contributed by atoms with Crippen molar-refractivity contribution in [2.75, 3.05) is 33.4 Å². The van der Waals surface area contributed by atoms with Crippen LogP contribution < -0.4 is 5.32 Å². The molecule has 0 aliphatic carbocycles. The summed E-state index contributed by atoms with van der Waals surface area (Å²) in [7, 11) is 1.68. The van der Waals surface area contributed by atoms with Crippen LogP contribution in [0.5, 0.6) is 0 Å². The molecule has 1 aliphatic rings. The van der Waals surface area contributed by atoms with Gasteiger partial charge in [0.25, 0.3) is 0 Å². The molecule has 0 aromatic heterocycles. The summed E-state index contributed by atoms with van der Waals surface area (Å²) in [5.74, 6) is -0.0483. The molecule has 5 nitrogen and oxygen atoms in total. The first kappa shape index (κ1) is 12.0. The van der Waals surface area contributed by atoms with Gasteiger partial charge in [-0.2, -0.15) is 0 Å². The molecule has 86 valence electrons. The van der Waals surface area contributed by atoms with E-state index in [-0.39, 0.29) is 24.9 Å². The first-order valence-corrected chi connectivity index (χ1v) is 5.27. The summed E-state index contributed by atoms with van der Waals surface area (Å²) in [5, 5.41) is 2.52. The van der Waals surface area contributed by atoms with E-state index >= 15 is 0 Å². The third-order valence-corrected chi connectivity index (χ3v) is 2.40. The van der Waals surface area contributed by atoms with Crippen molar-refractivity contribution in [2.45, 2.75) is 19.3 Å². The zero-order valence-electron chi connectivity index (χ0n) is 9.12. The molecule has 0 radical (unpaired) electrons. The zero-order chi connectivity index (χ0) is 11.1. The second-order valence-electron chi connectivity index (χ2n) is 3.65. The number of hydrogen-bond donors (Lipinski definition) is 1. The SMILES string of the molecule is COCCCCCN1CC(=O)NCC1=O. The Kier molecular flexibility index (Phi) is 5.10. The number of hydrogen-bond acceptors (Lipinski definition) is 3. The maximum absolute atomic E-state index is 11.3. The van der Waals surface area contributed by atoms with Crippen LogP contribution in [0.1, 0.15) is 19.3 Å². The lowest BCUT2D eigenvalue weighted by molar-refractivity contribution is -0.140. The first-order valence-electron chi connectivity index (χ1n) is 5.27. The normalized spacial score (nSPS) is 16.7. The summed E-state index contributed by atoms with van der Waals surface area (Å²) in [6.45, 7) is 1.80. The van der Waals surface area contributed by atoms with Crippen molar-refractivity contribution in [1.82, 2.24) is 10.2 Å². The van der Waals surface area contributed by atoms with Crippen molar-refractivity contribution in [3.05, 3.63) is 0 Å². The summed E-state index contributed by atoms with van der Waals surface area (Å²) in [6.07, 6.45) is 2.96. The summed E-state index contributed by atoms with van der Waals surface area (Å²) < 4.78 is 4.93. The molecule has 1 aliphatic heterocycles. The molecule has 0 aromatic carbocycles. The number of amides is 2. The van der Waals surface area contributed by atoms with Crippen molar-refractivity contribution in [1.29, 1.82) is 0 Å². The lowest BCUT2D eigenvalue weighted by Gasteiger charge is -2.26. The number of piperazine rings is 1. The predicted molar refractivity (Wildman–Crippen MR) is 55.3 cm³/mol. The number of rotatable bonds is 6. The zero-order valence-corrected chi connectivity index (χ0v) is 9.12. The average molecular weight is 214 g/mol. The van der Waals surface area contributed by atoms with Gasteiger partial charge in [0.05, 0.1) is 13.1 Å². The molecule has 1 heterocycles. The van der Waals surface area contributed by atoms with Gasteiger partial charge in [-0.3, -0.25) is 9.59 Å². The Morgan fingerprint density at radius 1 is 1.33 bits per heavy atom. The lowest BCUT2D eigenvalue weighted by atomic mass is 10.2. The Balaban J connectivity index is 2.13. The Labute approximate surface area is 89.8 Å². The van der Waals surface area contributed by atoms with Crippen LogP contribution in [0.15, 0.2) is 0 Å². The highest BCUT2D eigenvalue weighted by molar-refractivity contribution is 5.92. The van der Waals surface area contributed by atoms with E-state index in [1.54, 1.807) is 12.0 Å². The van der Waals surface area contributed by atoms with Gasteiger partial charge in [0, 0.05) is 20.3 Å². The van der Waals surface area contributed by atoms with E-state index in [0.717, 1.165) is 25.9 Å². The van der Waals surface area contributed by atoms with Gasteiger partial charge in [-0.25, -0.2) is 0 Å². The topological polar surface area (TPSA) is 58.6 Å². The minimum absolute atomic E-state index is 0.0151. The minimum Gasteiger partial charge on any atom is -0.385 e. The van der Waals surface area contributed by atoms with Gasteiger partial charge in [0.1, 0.15) is 0 Å². The first-order chi connectivity index (χ1) is 7.24. The van der Waals surface area contributed by atoms with Crippen LogP contribution in [0, 0.1) is 0 Å². The number of nitrogens with zero attached hydrogens (tertiary/aromatic N) is 1. The predicted octanol–water partition coefficient (Wildman–Crippen LogP) is -0.238. The average Bonchev–Trinajstić information content (AvgIpc) is 2.23. The van der Waals surface area contributed by atoms with Gasteiger partial charge in [0.15, 0.2) is 0 Å². The van der Waals surface area contributed by atoms with Crippen LogP contribution in [0.3, 0.4) is 0 Å². The van der Waals surface area contributed by atoms with E-state index in [0.29, 0.717) is 6.54 Å². The molecule has 2 amide bonds. The molecular formula is C10H18N2O3. The molecule has 0 bridgehead atoms. The maximum Gasteiger partial charge on any atom is 0.242 e. The third kappa shape index (κ3) is 4.29. The quantitative estimate of drug-likeness (QED) is 0.621. The molecule has 1 saturated heterocycles. The summed E-state index contributed by atoms with van der Waals surface area (Å²) >= 11 is 0. The van der Waals surface area contributed by atoms with E-state index in [1.165, 1.54) is 0 Å². The molecule has 0 atom stereocenters. The number of carbonyl (C=O) groups excluding carboxylic acids is 2. The summed E-state index contributed by atoms with van der Waals surface area (Å²) in [6, 6.07) is 0. The van der Waals surface area contributed by atoms with Crippen molar-refractivity contribution >= 4 is 11.8 Å². The molecule has 0 spiro atoms. The standard InChI is InChI=1S/C10H18N2O3/c1-15-6-4-2-3-5-12-8-9(13)11-7-10(12)14/h2-8H2,1H3,(H,11,13). The summed E-state index contributed by atoms with van der Waals surface area (Å²) in [5.41, 5.74) is 0. The highest BCUT2D eigenvalue weighted by Crippen LogP contribution is 2.01. The number of nitrogens with one attached hydrogen (secondary N) is 1. The fraction of sp³-hybridized carbons (Fsp3) is 0.800. The number of methoxy groups -OCH3 is 1. The van der Waals surface area contributed by atoms with Crippen LogP contribution in [0.4, 0.5) is 0 Å². The molecular weight excluding hydrogens is 196 g/mol. The highest BCUT2D eigenvalue weighted by Gasteiger charge is 2.21. The van der Waals surface area contributed by atoms with Crippen LogP contribution in [0.2, 0.25) is 0 Å². The number of carbonyl (C=O) groups is 2. The van der Waals surface area contributed by atoms with Gasteiger partial charge in [0.2, 0.25) is 11.8 Å². The van der Waals surface area contributed by atoms with E-state index in [4.69, 9.17) is 4.74 Å². The smallest absolute Gasteiger partial charge is 0.242 e. The van der Waals surface area contributed by atoms with Gasteiger partial charge in [-0.05, 0) is 19.3 Å². The molecule has 15 heavy (non-hydrogen) atoms. The van der Waals surface area contributed by atoms with Crippen LogP contribution in [0.25, 0.3) is 0 Å². The summed E-state index contributed by atoms with van der Waals surface area (Å²) in [4.78, 5) is 24.0. The van der Waals surface area contributed by atoms with E-state index in [2.05, 4.69) is 5.32 Å². The van der Waals surface area contributed by atoms with Crippen molar-refractivity contribution < 1.29 is 14.3 Å². The highest BCUT2D eigenvalue weighted by atomic mass is 16.5. The monoisotopic (exact) mass is 214 g/mol. The van der Waals surface area contributed by atoms with Crippen LogP contribution in [-0.4, -0.2) is 50.1 Å². The number of ether oxygens (including phenoxy) is 1. The molecule has 1 fully saturated rings. The molecule has 1 rings (SSSR count). The second-order valence-corrected chi connectivity index (χ2v) is 3.65. The van der Waals surface area contributed by atoms with E-state index in [9.17, 15) is 9.59 Å². The Hall–Kier alpha value is -1.10. The Morgan fingerprint density at radius 3 is 2.87 bits per heavy atom. The van der Waals surface area contributed by atoms with Crippen LogP contribution >= 0.6 is 0 Å². The molecule has 1 N–H and O–H groups in total. The molecule has 5 heteroatoms. The van der Waals surface area contributed by atoms with Gasteiger partial charge >= 0.3 is 0 Å². The Bertz CT molecular complexity index is 231. The number of unbranched alkanes of at least 4 members (excludes halogenated alkanes) is 2. The van der Waals surface area contributed by atoms with Gasteiger partial charge < -0.3 is 15.0 Å². The maximum atomic E-state index is 11.3. The minimum atomic E-state index is -0.0634. The lowest BCUT2D eigenvalue weighted by Crippen LogP contribution is -2.51. The molecule has 0 saturated carbocycles. The third-order valence-electron chi connectivity index (χ3n) is 2.40. The Morgan fingerprint density at radius 2 is 2.13 bits per heavy atom. The van der Waals surface area contributed by atoms with Crippen molar-refractivity contribution in [2.24, 2.45) is 0 Å². The molecule has 0 aromatic rings.